The van der Waals surface area contributed by atoms with E-state index in [2.05, 4.69) is 24.8 Å². The maximum atomic E-state index is 12.0. The van der Waals surface area contributed by atoms with Crippen molar-refractivity contribution in [3.05, 3.63) is 35.1 Å². The number of amides is 1. The Balaban J connectivity index is 1.94. The molecule has 1 aliphatic heterocycles. The van der Waals surface area contributed by atoms with Crippen molar-refractivity contribution in [2.75, 3.05) is 0 Å². The van der Waals surface area contributed by atoms with Gasteiger partial charge in [-0.25, -0.2) is 14.6 Å². The van der Waals surface area contributed by atoms with Crippen molar-refractivity contribution in [1.82, 2.24) is 29.5 Å². The van der Waals surface area contributed by atoms with Crippen molar-refractivity contribution in [3.63, 3.8) is 0 Å². The number of aryl methyl sites for hydroxylation is 1. The van der Waals surface area contributed by atoms with Gasteiger partial charge in [-0.1, -0.05) is 0 Å². The van der Waals surface area contributed by atoms with Crippen LogP contribution in [0.15, 0.2) is 17.9 Å². The molecule has 0 aromatic carbocycles. The molecule has 0 spiro atoms. The van der Waals surface area contributed by atoms with Gasteiger partial charge in [0.05, 0.1) is 23.9 Å². The Hall–Kier alpha value is -2.22. The van der Waals surface area contributed by atoms with Crippen LogP contribution in [-0.2, 0) is 17.9 Å². The summed E-state index contributed by atoms with van der Waals surface area (Å²) in [5.74, 6) is 0.728. The highest BCUT2D eigenvalue weighted by Crippen LogP contribution is 2.33. The molecule has 1 amide bonds. The molecule has 4 rings (SSSR count). The number of rotatable bonds is 2. The fourth-order valence-electron chi connectivity index (χ4n) is 2.88. The highest BCUT2D eigenvalue weighted by molar-refractivity contribution is 7.15. The van der Waals surface area contributed by atoms with Gasteiger partial charge in [0.1, 0.15) is 12.2 Å². The standard InChI is InChI=1S/C13H14N6OS/c1-2-19-12(15-7-16-19)8-5-10(20)14-6-9-11(8)18-3-4-21-13(18)17-9/h3-4,7-8H,2,5-6H2,1H3,(H,14,20)/t8-/m1/s1. The van der Waals surface area contributed by atoms with E-state index in [1.165, 1.54) is 0 Å². The Morgan fingerprint density at radius 3 is 3.29 bits per heavy atom. The van der Waals surface area contributed by atoms with E-state index in [1.807, 2.05) is 23.2 Å². The molecule has 1 N–H and O–H groups in total. The van der Waals surface area contributed by atoms with Crippen molar-refractivity contribution >= 4 is 22.2 Å². The first-order chi connectivity index (χ1) is 10.3. The average molecular weight is 302 g/mol. The van der Waals surface area contributed by atoms with Gasteiger partial charge in [-0.3, -0.25) is 9.20 Å². The number of aromatic nitrogens is 5. The first-order valence-corrected chi connectivity index (χ1v) is 7.74. The lowest BCUT2D eigenvalue weighted by Gasteiger charge is -2.14. The predicted octanol–water partition coefficient (Wildman–Crippen LogP) is 1.16. The third kappa shape index (κ3) is 1.86. The maximum Gasteiger partial charge on any atom is 0.221 e. The van der Waals surface area contributed by atoms with Crippen LogP contribution in [0.3, 0.4) is 0 Å². The van der Waals surface area contributed by atoms with E-state index < -0.39 is 0 Å². The van der Waals surface area contributed by atoms with Gasteiger partial charge in [-0.2, -0.15) is 5.10 Å². The molecule has 0 unspecified atom stereocenters. The zero-order valence-electron chi connectivity index (χ0n) is 11.5. The Labute approximate surface area is 124 Å². The van der Waals surface area contributed by atoms with Crippen molar-refractivity contribution < 1.29 is 4.79 Å². The lowest BCUT2D eigenvalue weighted by Crippen LogP contribution is -2.22. The van der Waals surface area contributed by atoms with Crippen LogP contribution >= 0.6 is 11.3 Å². The Morgan fingerprint density at radius 2 is 2.43 bits per heavy atom. The van der Waals surface area contributed by atoms with Crippen LogP contribution in [0.25, 0.3) is 4.96 Å². The number of carbonyl (C=O) groups excluding carboxylic acids is 1. The molecule has 0 aliphatic carbocycles. The lowest BCUT2D eigenvalue weighted by molar-refractivity contribution is -0.121. The number of hydrogen-bond acceptors (Lipinski definition) is 5. The number of imidazole rings is 1. The van der Waals surface area contributed by atoms with Gasteiger partial charge in [0, 0.05) is 24.5 Å². The summed E-state index contributed by atoms with van der Waals surface area (Å²) in [7, 11) is 0. The van der Waals surface area contributed by atoms with Gasteiger partial charge in [0.25, 0.3) is 0 Å². The molecule has 4 heterocycles. The minimum absolute atomic E-state index is 0.0210. The van der Waals surface area contributed by atoms with Gasteiger partial charge >= 0.3 is 0 Å². The monoisotopic (exact) mass is 302 g/mol. The van der Waals surface area contributed by atoms with Gasteiger partial charge in [-0.15, -0.1) is 11.3 Å². The van der Waals surface area contributed by atoms with Crippen LogP contribution in [0.2, 0.25) is 0 Å². The number of nitrogens with zero attached hydrogens (tertiary/aromatic N) is 5. The summed E-state index contributed by atoms with van der Waals surface area (Å²) in [5.41, 5.74) is 1.97. The third-order valence-corrected chi connectivity index (χ3v) is 4.56. The zero-order valence-corrected chi connectivity index (χ0v) is 12.3. The normalized spacial score (nSPS) is 18.5. The first kappa shape index (κ1) is 12.5. The summed E-state index contributed by atoms with van der Waals surface area (Å²) >= 11 is 1.59. The van der Waals surface area contributed by atoms with Gasteiger partial charge in [0.15, 0.2) is 4.96 Å². The van der Waals surface area contributed by atoms with Gasteiger partial charge < -0.3 is 5.32 Å². The van der Waals surface area contributed by atoms with E-state index in [0.29, 0.717) is 13.0 Å². The molecule has 0 fully saturated rings. The van der Waals surface area contributed by atoms with Crippen molar-refractivity contribution in [2.24, 2.45) is 0 Å². The number of thiazole rings is 1. The smallest absolute Gasteiger partial charge is 0.221 e. The minimum Gasteiger partial charge on any atom is -0.350 e. The molecule has 3 aromatic heterocycles. The second-order valence-corrected chi connectivity index (χ2v) is 5.84. The van der Waals surface area contributed by atoms with Crippen molar-refractivity contribution in [2.45, 2.75) is 32.4 Å². The Kier molecular flexibility index (Phi) is 2.78. The summed E-state index contributed by atoms with van der Waals surface area (Å²) in [5, 5.41) is 9.15. The van der Waals surface area contributed by atoms with E-state index in [4.69, 9.17) is 0 Å². The van der Waals surface area contributed by atoms with E-state index in [1.54, 1.807) is 17.7 Å². The molecule has 1 aliphatic rings. The molecular weight excluding hydrogens is 288 g/mol. The van der Waals surface area contributed by atoms with Crippen LogP contribution < -0.4 is 5.32 Å². The van der Waals surface area contributed by atoms with E-state index in [-0.39, 0.29) is 11.8 Å². The predicted molar refractivity (Wildman–Crippen MR) is 77.1 cm³/mol. The molecule has 0 saturated heterocycles. The van der Waals surface area contributed by atoms with Crippen LogP contribution in [0.5, 0.6) is 0 Å². The Morgan fingerprint density at radius 1 is 1.52 bits per heavy atom. The molecule has 7 nitrogen and oxygen atoms in total. The number of fused-ring (bicyclic) bond motifs is 3. The molecule has 0 radical (unpaired) electrons. The summed E-state index contributed by atoms with van der Waals surface area (Å²) in [6.45, 7) is 3.22. The SMILES string of the molecule is CCn1ncnc1[C@@H]1CC(=O)NCc2nc3sccn3c21. The second-order valence-electron chi connectivity index (χ2n) is 4.97. The van der Waals surface area contributed by atoms with Crippen LogP contribution in [0, 0.1) is 0 Å². The first-order valence-electron chi connectivity index (χ1n) is 6.86. The highest BCUT2D eigenvalue weighted by Gasteiger charge is 2.31. The maximum absolute atomic E-state index is 12.0. The topological polar surface area (TPSA) is 77.1 Å². The number of nitrogens with one attached hydrogen (secondary N) is 1. The van der Waals surface area contributed by atoms with E-state index in [0.717, 1.165) is 28.7 Å². The average Bonchev–Trinajstić information content (AvgIpc) is 3.16. The van der Waals surface area contributed by atoms with E-state index >= 15 is 0 Å². The molecule has 3 aromatic rings. The van der Waals surface area contributed by atoms with Crippen LogP contribution in [0.1, 0.15) is 36.5 Å². The van der Waals surface area contributed by atoms with Gasteiger partial charge in [0.2, 0.25) is 5.91 Å². The van der Waals surface area contributed by atoms with Crippen molar-refractivity contribution in [3.8, 4) is 0 Å². The lowest BCUT2D eigenvalue weighted by atomic mass is 9.99. The molecular formula is C13H14N6OS. The summed E-state index contributed by atoms with van der Waals surface area (Å²) in [4.78, 5) is 22.0. The minimum atomic E-state index is -0.116. The highest BCUT2D eigenvalue weighted by atomic mass is 32.1. The quantitative estimate of drug-likeness (QED) is 0.770. The molecule has 8 heteroatoms. The summed E-state index contributed by atoms with van der Waals surface area (Å²) in [6, 6.07) is 0. The fraction of sp³-hybridized carbons (Fsp3) is 0.385. The molecule has 108 valence electrons. The van der Waals surface area contributed by atoms with Gasteiger partial charge in [-0.05, 0) is 6.92 Å². The van der Waals surface area contributed by atoms with Crippen molar-refractivity contribution in [1.29, 1.82) is 0 Å². The number of hydrogen-bond donors (Lipinski definition) is 1. The van der Waals surface area contributed by atoms with E-state index in [9.17, 15) is 4.79 Å². The number of carbonyl (C=O) groups is 1. The molecule has 0 saturated carbocycles. The third-order valence-electron chi connectivity index (χ3n) is 3.80. The molecule has 21 heavy (non-hydrogen) atoms. The second kappa shape index (κ2) is 4.66. The summed E-state index contributed by atoms with van der Waals surface area (Å²) < 4.78 is 3.92. The largest absolute Gasteiger partial charge is 0.350 e. The van der Waals surface area contributed by atoms with Crippen LogP contribution in [-0.4, -0.2) is 30.1 Å². The fourth-order valence-corrected chi connectivity index (χ4v) is 3.62. The Bertz CT molecular complexity index is 816. The molecule has 0 bridgehead atoms. The summed E-state index contributed by atoms with van der Waals surface area (Å²) in [6.07, 6.45) is 3.92. The zero-order chi connectivity index (χ0) is 14.4. The van der Waals surface area contributed by atoms with Crippen LogP contribution in [0.4, 0.5) is 0 Å². The molecule has 1 atom stereocenters.